The highest BCUT2D eigenvalue weighted by molar-refractivity contribution is 7.99. The highest BCUT2D eigenvalue weighted by atomic mass is 35.5. The molecule has 1 heterocycles. The summed E-state index contributed by atoms with van der Waals surface area (Å²) in [4.78, 5) is 30.6. The number of para-hydroxylation sites is 1. The molecule has 0 aliphatic rings. The predicted octanol–water partition coefficient (Wildman–Crippen LogP) is 5.09. The van der Waals surface area contributed by atoms with Gasteiger partial charge in [0, 0.05) is 10.7 Å². The van der Waals surface area contributed by atoms with E-state index in [2.05, 4.69) is 15.3 Å². The van der Waals surface area contributed by atoms with Crippen molar-refractivity contribution in [3.05, 3.63) is 99.9 Å². The average Bonchev–Trinajstić information content (AvgIpc) is 2.86. The molecule has 1 amide bonds. The maximum atomic E-state index is 12.8. The number of benzene rings is 3. The van der Waals surface area contributed by atoms with Gasteiger partial charge in [-0.15, -0.1) is 0 Å². The Kier molecular flexibility index (Phi) is 7.78. The van der Waals surface area contributed by atoms with Crippen LogP contribution in [0.5, 0.6) is 11.5 Å². The Bertz CT molecular complexity index is 1560. The van der Waals surface area contributed by atoms with Crippen LogP contribution in [0.2, 0.25) is 5.02 Å². The maximum absolute atomic E-state index is 12.8. The topological polar surface area (TPSA) is 118 Å². The van der Waals surface area contributed by atoms with Crippen molar-refractivity contribution in [3.8, 4) is 11.5 Å². The number of anilines is 1. The number of amides is 1. The first kappa shape index (κ1) is 25.5. The van der Waals surface area contributed by atoms with Gasteiger partial charge < -0.3 is 15.0 Å². The number of aromatic amines is 1. The van der Waals surface area contributed by atoms with E-state index in [9.17, 15) is 18.0 Å². The SMILES string of the molecule is Cc1ccc(S(=O)(=O)c2cnc(SCC(=O)Nc3ccc(Oc4ccccc4)cc3)[nH]c2=O)cc1Cl. The molecule has 4 rings (SSSR count). The number of nitrogens with zero attached hydrogens (tertiary/aromatic N) is 1. The average molecular weight is 542 g/mol. The largest absolute Gasteiger partial charge is 0.457 e. The molecule has 0 saturated carbocycles. The fourth-order valence-corrected chi connectivity index (χ4v) is 5.20. The number of thioether (sulfide) groups is 1. The van der Waals surface area contributed by atoms with Gasteiger partial charge in [0.2, 0.25) is 15.7 Å². The van der Waals surface area contributed by atoms with Gasteiger partial charge in [0.25, 0.3) is 5.56 Å². The van der Waals surface area contributed by atoms with Crippen molar-refractivity contribution in [2.24, 2.45) is 0 Å². The molecule has 184 valence electrons. The van der Waals surface area contributed by atoms with Gasteiger partial charge in [-0.3, -0.25) is 9.59 Å². The lowest BCUT2D eigenvalue weighted by molar-refractivity contribution is -0.113. The quantitative estimate of drug-likeness (QED) is 0.236. The summed E-state index contributed by atoms with van der Waals surface area (Å²) in [7, 11) is -4.11. The standard InChI is InChI=1S/C25H20ClN3O5S2/c1-16-7-12-20(13-21(16)26)36(32,33)22-14-27-25(29-24(22)31)35-15-23(30)28-17-8-10-19(11-9-17)34-18-5-3-2-4-6-18/h2-14H,15H2,1H3,(H,28,30)(H,27,29,31). The maximum Gasteiger partial charge on any atom is 0.270 e. The number of halogens is 1. The minimum Gasteiger partial charge on any atom is -0.457 e. The highest BCUT2D eigenvalue weighted by Crippen LogP contribution is 2.25. The van der Waals surface area contributed by atoms with Crippen LogP contribution in [0.4, 0.5) is 5.69 Å². The zero-order valence-electron chi connectivity index (χ0n) is 18.9. The minimum atomic E-state index is -4.11. The Morgan fingerprint density at radius 2 is 1.75 bits per heavy atom. The molecule has 36 heavy (non-hydrogen) atoms. The zero-order chi connectivity index (χ0) is 25.7. The second kappa shape index (κ2) is 11.0. The Hall–Kier alpha value is -3.60. The number of carbonyl (C=O) groups is 1. The lowest BCUT2D eigenvalue weighted by Gasteiger charge is -2.08. The van der Waals surface area contributed by atoms with Crippen LogP contribution in [-0.4, -0.2) is 30.0 Å². The minimum absolute atomic E-state index is 0.0507. The number of carbonyl (C=O) groups excluding carboxylic acids is 1. The van der Waals surface area contributed by atoms with Crippen LogP contribution < -0.4 is 15.6 Å². The van der Waals surface area contributed by atoms with E-state index in [1.54, 1.807) is 37.3 Å². The third-order valence-electron chi connectivity index (χ3n) is 4.94. The first-order valence-electron chi connectivity index (χ1n) is 10.6. The first-order valence-corrected chi connectivity index (χ1v) is 13.4. The van der Waals surface area contributed by atoms with Crippen molar-refractivity contribution in [2.45, 2.75) is 21.9 Å². The normalized spacial score (nSPS) is 11.2. The van der Waals surface area contributed by atoms with Crippen LogP contribution in [0, 0.1) is 6.92 Å². The molecular weight excluding hydrogens is 522 g/mol. The molecule has 3 aromatic carbocycles. The van der Waals surface area contributed by atoms with Crippen molar-refractivity contribution in [1.82, 2.24) is 9.97 Å². The number of aryl methyl sites for hydroxylation is 1. The number of hydrogen-bond donors (Lipinski definition) is 2. The Morgan fingerprint density at radius 3 is 2.42 bits per heavy atom. The molecule has 0 saturated heterocycles. The van der Waals surface area contributed by atoms with E-state index in [1.165, 1.54) is 12.1 Å². The molecule has 0 aliphatic carbocycles. The van der Waals surface area contributed by atoms with Crippen molar-refractivity contribution in [2.75, 3.05) is 11.1 Å². The number of hydrogen-bond acceptors (Lipinski definition) is 7. The lowest BCUT2D eigenvalue weighted by Crippen LogP contribution is -2.20. The van der Waals surface area contributed by atoms with Crippen molar-refractivity contribution in [3.63, 3.8) is 0 Å². The number of sulfone groups is 1. The molecule has 0 bridgehead atoms. The van der Waals surface area contributed by atoms with Crippen molar-refractivity contribution in [1.29, 1.82) is 0 Å². The fraction of sp³-hybridized carbons (Fsp3) is 0.0800. The summed E-state index contributed by atoms with van der Waals surface area (Å²) >= 11 is 7.00. The number of aromatic nitrogens is 2. The Labute approximate surface area is 216 Å². The van der Waals surface area contributed by atoms with Gasteiger partial charge in [0.15, 0.2) is 10.1 Å². The van der Waals surface area contributed by atoms with E-state index in [4.69, 9.17) is 16.3 Å². The number of rotatable bonds is 8. The molecular formula is C25H20ClN3O5S2. The van der Waals surface area contributed by atoms with Crippen LogP contribution >= 0.6 is 23.4 Å². The molecule has 0 unspecified atom stereocenters. The first-order chi connectivity index (χ1) is 17.2. The van der Waals surface area contributed by atoms with Gasteiger partial charge in [0.1, 0.15) is 11.5 Å². The fourth-order valence-electron chi connectivity index (χ4n) is 3.06. The van der Waals surface area contributed by atoms with E-state index < -0.39 is 20.3 Å². The van der Waals surface area contributed by atoms with Crippen LogP contribution in [0.15, 0.2) is 98.7 Å². The zero-order valence-corrected chi connectivity index (χ0v) is 21.3. The van der Waals surface area contributed by atoms with Crippen LogP contribution in [0.1, 0.15) is 5.56 Å². The van der Waals surface area contributed by atoms with E-state index in [0.717, 1.165) is 18.0 Å². The Morgan fingerprint density at radius 1 is 1.06 bits per heavy atom. The summed E-state index contributed by atoms with van der Waals surface area (Å²) < 4.78 is 31.4. The highest BCUT2D eigenvalue weighted by Gasteiger charge is 2.23. The van der Waals surface area contributed by atoms with Crippen LogP contribution in [0.25, 0.3) is 0 Å². The van der Waals surface area contributed by atoms with E-state index in [1.807, 2.05) is 30.3 Å². The van der Waals surface area contributed by atoms with Crippen molar-refractivity contribution < 1.29 is 17.9 Å². The summed E-state index contributed by atoms with van der Waals surface area (Å²) in [6.45, 7) is 1.74. The molecule has 0 fully saturated rings. The molecule has 2 N–H and O–H groups in total. The molecule has 0 radical (unpaired) electrons. The Balaban J connectivity index is 1.36. The monoisotopic (exact) mass is 541 g/mol. The van der Waals surface area contributed by atoms with E-state index >= 15 is 0 Å². The summed E-state index contributed by atoms with van der Waals surface area (Å²) in [5, 5.41) is 3.13. The molecule has 0 atom stereocenters. The van der Waals surface area contributed by atoms with Gasteiger partial charge in [-0.05, 0) is 61.0 Å². The predicted molar refractivity (Wildman–Crippen MR) is 139 cm³/mol. The van der Waals surface area contributed by atoms with Gasteiger partial charge in [-0.1, -0.05) is 47.6 Å². The van der Waals surface area contributed by atoms with Crippen LogP contribution in [-0.2, 0) is 14.6 Å². The molecule has 0 aliphatic heterocycles. The summed E-state index contributed by atoms with van der Waals surface area (Å²) in [5.74, 6) is 0.947. The summed E-state index contributed by atoms with van der Waals surface area (Å²) in [6.07, 6.45) is 0.980. The van der Waals surface area contributed by atoms with E-state index in [0.29, 0.717) is 22.7 Å². The third kappa shape index (κ3) is 6.14. The van der Waals surface area contributed by atoms with Gasteiger partial charge in [-0.25, -0.2) is 13.4 Å². The lowest BCUT2D eigenvalue weighted by atomic mass is 10.2. The smallest absolute Gasteiger partial charge is 0.270 e. The molecule has 0 spiro atoms. The molecule has 4 aromatic rings. The van der Waals surface area contributed by atoms with Gasteiger partial charge in [0.05, 0.1) is 16.8 Å². The molecule has 8 nitrogen and oxygen atoms in total. The molecule has 1 aromatic heterocycles. The summed E-state index contributed by atoms with van der Waals surface area (Å²) in [5.41, 5.74) is 0.448. The van der Waals surface area contributed by atoms with Gasteiger partial charge >= 0.3 is 0 Å². The number of H-pyrrole nitrogens is 1. The molecule has 11 heteroatoms. The van der Waals surface area contributed by atoms with Gasteiger partial charge in [-0.2, -0.15) is 0 Å². The second-order valence-electron chi connectivity index (χ2n) is 7.57. The van der Waals surface area contributed by atoms with Crippen LogP contribution in [0.3, 0.4) is 0 Å². The third-order valence-corrected chi connectivity index (χ3v) is 7.98. The van der Waals surface area contributed by atoms with E-state index in [-0.39, 0.29) is 26.7 Å². The summed E-state index contributed by atoms with van der Waals surface area (Å²) in [6, 6.07) is 20.4. The number of ether oxygens (including phenoxy) is 1. The second-order valence-corrected chi connectivity index (χ2v) is 10.9. The van der Waals surface area contributed by atoms with Crippen molar-refractivity contribution >= 4 is 44.8 Å². The number of nitrogens with one attached hydrogen (secondary N) is 2.